The smallest absolute Gasteiger partial charge is 0.408 e. The quantitative estimate of drug-likeness (QED) is 0.138. The van der Waals surface area contributed by atoms with E-state index in [1.165, 1.54) is 6.08 Å². The highest BCUT2D eigenvalue weighted by Crippen LogP contribution is 2.65. The van der Waals surface area contributed by atoms with E-state index in [4.69, 9.17) is 9.57 Å². The third kappa shape index (κ3) is 7.51. The molecule has 0 spiro atoms. The Morgan fingerprint density at radius 2 is 1.69 bits per heavy atom. The van der Waals surface area contributed by atoms with E-state index >= 15 is 0 Å². The molecule has 1 heterocycles. The second-order valence-corrected chi connectivity index (χ2v) is 14.0. The first kappa shape index (κ1) is 32.0. The molecule has 5 unspecified atom stereocenters. The molecule has 4 aliphatic rings. The van der Waals surface area contributed by atoms with Crippen LogP contribution in [-0.2, 0) is 28.8 Å². The molecule has 11 nitrogen and oxygen atoms in total. The Morgan fingerprint density at radius 3 is 2.29 bits per heavy atom. The average molecular weight is 589 g/mol. The molecule has 5 atom stereocenters. The van der Waals surface area contributed by atoms with Crippen LogP contribution in [0.1, 0.15) is 86.0 Å². The van der Waals surface area contributed by atoms with Crippen LogP contribution in [0.3, 0.4) is 0 Å². The van der Waals surface area contributed by atoms with Crippen molar-refractivity contribution in [1.29, 1.82) is 0 Å². The molecule has 0 aromatic heterocycles. The van der Waals surface area contributed by atoms with E-state index in [-0.39, 0.29) is 41.6 Å². The number of fused-ring (bicyclic) bond motifs is 1. The highest BCUT2D eigenvalue weighted by atomic mass is 16.6. The zero-order valence-electron chi connectivity index (χ0n) is 25.7. The molecule has 3 N–H and O–H groups in total. The maximum absolute atomic E-state index is 14.2. The maximum atomic E-state index is 14.2. The normalized spacial score (nSPS) is 26.3. The van der Waals surface area contributed by atoms with Crippen molar-refractivity contribution in [2.75, 3.05) is 13.2 Å². The average Bonchev–Trinajstić information content (AvgIpc) is 3.77. The Kier molecular flexibility index (Phi) is 9.69. The number of nitrogens with zero attached hydrogens (tertiary/aromatic N) is 1. The number of hydroxylamine groups is 1. The zero-order chi connectivity index (χ0) is 30.8. The van der Waals surface area contributed by atoms with Crippen molar-refractivity contribution in [3.05, 3.63) is 12.7 Å². The van der Waals surface area contributed by atoms with Crippen molar-refractivity contribution in [1.82, 2.24) is 21.0 Å². The fourth-order valence-corrected chi connectivity index (χ4v) is 6.83. The number of Topliss-reactive ketones (excluding diaryl/α,β-unsaturated/α-hetero) is 1. The molecule has 0 bridgehead atoms. The summed E-state index contributed by atoms with van der Waals surface area (Å²) in [4.78, 5) is 73.1. The van der Waals surface area contributed by atoms with Gasteiger partial charge in [0, 0.05) is 6.54 Å². The molecule has 0 aromatic carbocycles. The van der Waals surface area contributed by atoms with Gasteiger partial charge in [0.1, 0.15) is 17.7 Å². The topological polar surface area (TPSA) is 143 Å². The van der Waals surface area contributed by atoms with Crippen molar-refractivity contribution in [3.63, 3.8) is 0 Å². The third-order valence-corrected chi connectivity index (χ3v) is 9.31. The number of ketones is 1. The number of ether oxygens (including phenoxy) is 1. The summed E-state index contributed by atoms with van der Waals surface area (Å²) in [6.45, 7) is 13.4. The van der Waals surface area contributed by atoms with Crippen LogP contribution < -0.4 is 16.1 Å². The van der Waals surface area contributed by atoms with Crippen LogP contribution in [-0.4, -0.2) is 71.4 Å². The molecular weight excluding hydrogens is 540 g/mol. The molecular formula is C31H48N4O7. The van der Waals surface area contributed by atoms with E-state index in [9.17, 15) is 24.0 Å². The van der Waals surface area contributed by atoms with Gasteiger partial charge in [-0.05, 0) is 69.1 Å². The molecule has 1 aliphatic heterocycles. The monoisotopic (exact) mass is 588 g/mol. The van der Waals surface area contributed by atoms with Gasteiger partial charge in [-0.15, -0.1) is 6.58 Å². The second kappa shape index (κ2) is 12.7. The Bertz CT molecular complexity index is 1070. The predicted molar refractivity (Wildman–Crippen MR) is 155 cm³/mol. The van der Waals surface area contributed by atoms with Crippen LogP contribution in [0.2, 0.25) is 0 Å². The predicted octanol–water partition coefficient (Wildman–Crippen LogP) is 3.03. The number of nitrogens with one attached hydrogen (secondary N) is 3. The van der Waals surface area contributed by atoms with Gasteiger partial charge in [-0.1, -0.05) is 52.0 Å². The van der Waals surface area contributed by atoms with Crippen LogP contribution in [0, 0.1) is 29.1 Å². The van der Waals surface area contributed by atoms with Crippen LogP contribution in [0.5, 0.6) is 0 Å². The van der Waals surface area contributed by atoms with E-state index < -0.39 is 47.4 Å². The van der Waals surface area contributed by atoms with Crippen LogP contribution in [0.15, 0.2) is 12.7 Å². The summed E-state index contributed by atoms with van der Waals surface area (Å²) in [6.07, 6.45) is 7.61. The van der Waals surface area contributed by atoms with Gasteiger partial charge < -0.3 is 20.3 Å². The van der Waals surface area contributed by atoms with Crippen LogP contribution in [0.25, 0.3) is 0 Å². The van der Waals surface area contributed by atoms with E-state index in [0.717, 1.165) is 44.9 Å². The van der Waals surface area contributed by atoms with Crippen molar-refractivity contribution in [2.24, 2.45) is 29.1 Å². The van der Waals surface area contributed by atoms with E-state index in [2.05, 4.69) is 36.5 Å². The number of likely N-dealkylation sites (tertiary alicyclic amines) is 1. The maximum Gasteiger partial charge on any atom is 0.408 e. The first-order valence-corrected chi connectivity index (χ1v) is 15.4. The molecule has 4 amide bonds. The minimum Gasteiger partial charge on any atom is -0.444 e. The number of hydrogen-bond donors (Lipinski definition) is 3. The van der Waals surface area contributed by atoms with Crippen molar-refractivity contribution >= 4 is 29.6 Å². The molecule has 4 rings (SSSR count). The minimum atomic E-state index is -1.02. The number of piperidine rings is 1. The summed E-state index contributed by atoms with van der Waals surface area (Å²) >= 11 is 0. The van der Waals surface area contributed by atoms with Crippen molar-refractivity contribution < 1.29 is 33.5 Å². The van der Waals surface area contributed by atoms with Gasteiger partial charge in [0.25, 0.3) is 0 Å². The summed E-state index contributed by atoms with van der Waals surface area (Å²) < 4.78 is 5.50. The molecule has 0 aromatic rings. The van der Waals surface area contributed by atoms with Gasteiger partial charge in [0.15, 0.2) is 0 Å². The highest BCUT2D eigenvalue weighted by molar-refractivity contribution is 6.38. The lowest BCUT2D eigenvalue weighted by molar-refractivity contribution is -0.148. The molecule has 1 saturated heterocycles. The summed E-state index contributed by atoms with van der Waals surface area (Å²) in [5.74, 6) is -2.23. The molecule has 4 fully saturated rings. The van der Waals surface area contributed by atoms with E-state index in [1.54, 1.807) is 25.7 Å². The zero-order valence-corrected chi connectivity index (χ0v) is 25.7. The van der Waals surface area contributed by atoms with E-state index in [0.29, 0.717) is 13.0 Å². The lowest BCUT2D eigenvalue weighted by Gasteiger charge is -2.37. The summed E-state index contributed by atoms with van der Waals surface area (Å²) in [5.41, 5.74) is 1.24. The Balaban J connectivity index is 1.53. The number of carbonyl (C=O) groups is 5. The van der Waals surface area contributed by atoms with Crippen LogP contribution >= 0.6 is 0 Å². The Hall–Kier alpha value is -2.95. The van der Waals surface area contributed by atoms with Gasteiger partial charge in [0.05, 0.1) is 12.6 Å². The van der Waals surface area contributed by atoms with Gasteiger partial charge >= 0.3 is 12.0 Å². The van der Waals surface area contributed by atoms with Gasteiger partial charge in [-0.25, -0.2) is 10.3 Å². The lowest BCUT2D eigenvalue weighted by Crippen LogP contribution is -2.60. The largest absolute Gasteiger partial charge is 0.444 e. The van der Waals surface area contributed by atoms with Crippen LogP contribution in [0.4, 0.5) is 4.79 Å². The number of hydrogen-bond acceptors (Lipinski definition) is 7. The SMILES string of the molecule is C=CCONC(=O)C(=O)C(CC1CC1)NC(=O)C1C2C(CN1C(=O)C(NC(=O)OC(C)(C)C)C1CCCCC1)C2(C)C. The first-order chi connectivity index (χ1) is 19.7. The Morgan fingerprint density at radius 1 is 1.02 bits per heavy atom. The molecule has 234 valence electrons. The fourth-order valence-electron chi connectivity index (χ4n) is 6.83. The molecule has 3 saturated carbocycles. The fraction of sp³-hybridized carbons (Fsp3) is 0.774. The third-order valence-electron chi connectivity index (χ3n) is 9.31. The lowest BCUT2D eigenvalue weighted by atomic mass is 9.83. The second-order valence-electron chi connectivity index (χ2n) is 14.0. The van der Waals surface area contributed by atoms with Gasteiger partial charge in [0.2, 0.25) is 17.6 Å². The minimum absolute atomic E-state index is 0.0372. The molecule has 11 heteroatoms. The molecule has 0 radical (unpaired) electrons. The highest BCUT2D eigenvalue weighted by Gasteiger charge is 2.69. The summed E-state index contributed by atoms with van der Waals surface area (Å²) in [7, 11) is 0. The molecule has 3 aliphatic carbocycles. The van der Waals surface area contributed by atoms with Crippen molar-refractivity contribution in [2.45, 2.75) is 110 Å². The van der Waals surface area contributed by atoms with Crippen molar-refractivity contribution in [3.8, 4) is 0 Å². The standard InChI is InChI=1S/C31H48N4O7/c1-7-15-41-34-27(38)25(36)21(16-18-13-14-18)32-26(37)24-22-20(31(22,5)6)17-35(24)28(39)23(19-11-9-8-10-12-19)33-29(40)42-30(2,3)4/h7,18-24H,1,8-17H2,2-6H3,(H,32,37)(H,33,40)(H,34,38). The number of alkyl carbamates (subject to hydrolysis) is 1. The van der Waals surface area contributed by atoms with E-state index in [1.807, 2.05) is 0 Å². The molecule has 42 heavy (non-hydrogen) atoms. The first-order valence-electron chi connectivity index (χ1n) is 15.4. The number of rotatable bonds is 12. The van der Waals surface area contributed by atoms with Gasteiger partial charge in [-0.3, -0.25) is 24.0 Å². The number of carbonyl (C=O) groups excluding carboxylic acids is 5. The van der Waals surface area contributed by atoms with Gasteiger partial charge in [-0.2, -0.15) is 0 Å². The number of amides is 4. The summed E-state index contributed by atoms with van der Waals surface area (Å²) in [6, 6.07) is -2.64. The Labute approximate surface area is 248 Å². The summed E-state index contributed by atoms with van der Waals surface area (Å²) in [5, 5.41) is 5.69.